The number of aliphatic carboxylic acids is 1. The van der Waals surface area contributed by atoms with Gasteiger partial charge in [-0.05, 0) is 12.3 Å². The lowest BCUT2D eigenvalue weighted by Gasteiger charge is -2.11. The van der Waals surface area contributed by atoms with Crippen molar-refractivity contribution in [3.63, 3.8) is 0 Å². The summed E-state index contributed by atoms with van der Waals surface area (Å²) < 4.78 is 16.8. The van der Waals surface area contributed by atoms with E-state index in [0.717, 1.165) is 13.0 Å². The fourth-order valence-electron chi connectivity index (χ4n) is 1.45. The quantitative estimate of drug-likeness (QED) is 0.738. The standard InChI is InChI=1S/C9H16O4S/c1-7(4-9(10)11)14(12)6-8-2-3-13-5-8/h7-8H,2-6H2,1H3,(H,10,11). The van der Waals surface area contributed by atoms with Crippen LogP contribution in [-0.4, -0.2) is 39.5 Å². The van der Waals surface area contributed by atoms with Crippen molar-refractivity contribution in [3.8, 4) is 0 Å². The van der Waals surface area contributed by atoms with E-state index in [1.54, 1.807) is 6.92 Å². The topological polar surface area (TPSA) is 63.6 Å². The molecule has 82 valence electrons. The fourth-order valence-corrected chi connectivity index (χ4v) is 2.83. The van der Waals surface area contributed by atoms with Gasteiger partial charge in [-0.1, -0.05) is 6.92 Å². The lowest BCUT2D eigenvalue weighted by molar-refractivity contribution is -0.136. The van der Waals surface area contributed by atoms with E-state index in [9.17, 15) is 9.00 Å². The second-order valence-corrected chi connectivity index (χ2v) is 5.59. The Labute approximate surface area is 86.1 Å². The number of hydrogen-bond donors (Lipinski definition) is 1. The molecule has 1 N–H and O–H groups in total. The first kappa shape index (κ1) is 11.7. The van der Waals surface area contributed by atoms with Gasteiger partial charge in [0.15, 0.2) is 0 Å². The van der Waals surface area contributed by atoms with Crippen LogP contribution in [0.5, 0.6) is 0 Å². The van der Waals surface area contributed by atoms with Gasteiger partial charge in [0.1, 0.15) is 0 Å². The van der Waals surface area contributed by atoms with E-state index in [2.05, 4.69) is 0 Å². The first-order valence-electron chi connectivity index (χ1n) is 4.76. The third-order valence-electron chi connectivity index (χ3n) is 2.33. The van der Waals surface area contributed by atoms with Gasteiger partial charge in [0, 0.05) is 28.4 Å². The van der Waals surface area contributed by atoms with Gasteiger partial charge in [-0.15, -0.1) is 0 Å². The van der Waals surface area contributed by atoms with Crippen LogP contribution >= 0.6 is 0 Å². The molecule has 0 aromatic heterocycles. The first-order chi connectivity index (χ1) is 6.59. The highest BCUT2D eigenvalue weighted by atomic mass is 32.2. The molecule has 0 aromatic carbocycles. The van der Waals surface area contributed by atoms with Crippen molar-refractivity contribution >= 4 is 16.8 Å². The van der Waals surface area contributed by atoms with Crippen LogP contribution in [0.25, 0.3) is 0 Å². The van der Waals surface area contributed by atoms with Crippen LogP contribution < -0.4 is 0 Å². The van der Waals surface area contributed by atoms with Crippen LogP contribution in [-0.2, 0) is 20.3 Å². The smallest absolute Gasteiger partial charge is 0.304 e. The van der Waals surface area contributed by atoms with E-state index in [1.807, 2.05) is 0 Å². The molecule has 3 atom stereocenters. The second kappa shape index (κ2) is 5.46. The summed E-state index contributed by atoms with van der Waals surface area (Å²) in [6, 6.07) is 0. The van der Waals surface area contributed by atoms with Crippen LogP contribution in [0.15, 0.2) is 0 Å². The average Bonchev–Trinajstić information content (AvgIpc) is 2.55. The Morgan fingerprint density at radius 2 is 2.43 bits per heavy atom. The van der Waals surface area contributed by atoms with E-state index in [4.69, 9.17) is 9.84 Å². The van der Waals surface area contributed by atoms with Crippen molar-refractivity contribution in [1.29, 1.82) is 0 Å². The van der Waals surface area contributed by atoms with Gasteiger partial charge in [0.05, 0.1) is 13.0 Å². The molecule has 0 aromatic rings. The van der Waals surface area contributed by atoms with Crippen LogP contribution in [0.4, 0.5) is 0 Å². The molecule has 5 heteroatoms. The number of ether oxygens (including phenoxy) is 1. The maximum Gasteiger partial charge on any atom is 0.304 e. The summed E-state index contributed by atoms with van der Waals surface area (Å²) in [4.78, 5) is 10.4. The Bertz CT molecular complexity index is 223. The zero-order chi connectivity index (χ0) is 10.6. The molecule has 0 aliphatic carbocycles. The minimum Gasteiger partial charge on any atom is -0.481 e. The van der Waals surface area contributed by atoms with Gasteiger partial charge in [-0.3, -0.25) is 9.00 Å². The van der Waals surface area contributed by atoms with Crippen LogP contribution in [0.3, 0.4) is 0 Å². The molecule has 3 unspecified atom stereocenters. The SMILES string of the molecule is CC(CC(=O)O)S(=O)CC1CCOC1. The molecule has 1 rings (SSSR count). The zero-order valence-corrected chi connectivity index (χ0v) is 9.09. The lowest BCUT2D eigenvalue weighted by atomic mass is 10.2. The molecular formula is C9H16O4S. The molecule has 1 heterocycles. The van der Waals surface area contributed by atoms with Crippen LogP contribution in [0.2, 0.25) is 0 Å². The number of carbonyl (C=O) groups is 1. The Hall–Kier alpha value is -0.420. The number of hydrogen-bond acceptors (Lipinski definition) is 3. The van der Waals surface area contributed by atoms with E-state index < -0.39 is 16.8 Å². The summed E-state index contributed by atoms with van der Waals surface area (Å²) >= 11 is 0. The van der Waals surface area contributed by atoms with Crippen LogP contribution in [0.1, 0.15) is 19.8 Å². The van der Waals surface area contributed by atoms with Crippen molar-refractivity contribution in [1.82, 2.24) is 0 Å². The molecule has 1 aliphatic heterocycles. The van der Waals surface area contributed by atoms with Gasteiger partial charge in [0.25, 0.3) is 0 Å². The first-order valence-corrected chi connectivity index (χ1v) is 6.14. The largest absolute Gasteiger partial charge is 0.481 e. The molecule has 0 spiro atoms. The molecule has 0 bridgehead atoms. The zero-order valence-electron chi connectivity index (χ0n) is 8.27. The minimum atomic E-state index is -1.04. The predicted octanol–water partition coefficient (Wildman–Crippen LogP) is 0.635. The predicted molar refractivity (Wildman–Crippen MR) is 53.7 cm³/mol. The van der Waals surface area contributed by atoms with E-state index >= 15 is 0 Å². The van der Waals surface area contributed by atoms with Crippen LogP contribution in [0, 0.1) is 5.92 Å². The Morgan fingerprint density at radius 3 is 2.93 bits per heavy atom. The summed E-state index contributed by atoms with van der Waals surface area (Å²) in [5.41, 5.74) is 0. The van der Waals surface area contributed by atoms with E-state index in [1.165, 1.54) is 0 Å². The Morgan fingerprint density at radius 1 is 1.71 bits per heavy atom. The molecular weight excluding hydrogens is 204 g/mol. The lowest BCUT2D eigenvalue weighted by Crippen LogP contribution is -2.22. The monoisotopic (exact) mass is 220 g/mol. The summed E-state index contributed by atoms with van der Waals surface area (Å²) in [7, 11) is -1.04. The van der Waals surface area contributed by atoms with Gasteiger partial charge in [-0.25, -0.2) is 0 Å². The molecule has 0 saturated carbocycles. The summed E-state index contributed by atoms with van der Waals surface area (Å²) in [6.07, 6.45) is 0.936. The van der Waals surface area contributed by atoms with Gasteiger partial charge in [-0.2, -0.15) is 0 Å². The second-order valence-electron chi connectivity index (χ2n) is 3.69. The molecule has 1 saturated heterocycles. The third-order valence-corrected chi connectivity index (χ3v) is 4.20. The van der Waals surface area contributed by atoms with Gasteiger partial charge in [0.2, 0.25) is 0 Å². The molecule has 14 heavy (non-hydrogen) atoms. The number of carboxylic acids is 1. The highest BCUT2D eigenvalue weighted by molar-refractivity contribution is 7.85. The Kier molecular flexibility index (Phi) is 4.54. The summed E-state index contributed by atoms with van der Waals surface area (Å²) in [5, 5.41) is 8.28. The summed E-state index contributed by atoms with van der Waals surface area (Å²) in [5.74, 6) is 0.0506. The molecule has 1 fully saturated rings. The van der Waals surface area contributed by atoms with E-state index in [0.29, 0.717) is 18.3 Å². The van der Waals surface area contributed by atoms with Crippen molar-refractivity contribution in [2.24, 2.45) is 5.92 Å². The maximum absolute atomic E-state index is 11.6. The van der Waals surface area contributed by atoms with Crippen molar-refractivity contribution in [3.05, 3.63) is 0 Å². The van der Waals surface area contributed by atoms with Crippen molar-refractivity contribution < 1.29 is 18.8 Å². The normalized spacial score (nSPS) is 25.9. The third kappa shape index (κ3) is 3.75. The number of rotatable bonds is 5. The molecule has 4 nitrogen and oxygen atoms in total. The van der Waals surface area contributed by atoms with Gasteiger partial charge >= 0.3 is 5.97 Å². The van der Waals surface area contributed by atoms with Crippen molar-refractivity contribution in [2.75, 3.05) is 19.0 Å². The average molecular weight is 220 g/mol. The van der Waals surface area contributed by atoms with Crippen molar-refractivity contribution in [2.45, 2.75) is 25.0 Å². The summed E-state index contributed by atoms with van der Waals surface area (Å²) in [6.45, 7) is 3.14. The molecule has 0 radical (unpaired) electrons. The van der Waals surface area contributed by atoms with Gasteiger partial charge < -0.3 is 9.84 Å². The maximum atomic E-state index is 11.6. The highest BCUT2D eigenvalue weighted by Crippen LogP contribution is 2.15. The van der Waals surface area contributed by atoms with E-state index in [-0.39, 0.29) is 11.7 Å². The molecule has 1 aliphatic rings. The minimum absolute atomic E-state index is 0.0137. The highest BCUT2D eigenvalue weighted by Gasteiger charge is 2.22. The fraction of sp³-hybridized carbons (Fsp3) is 0.889. The Balaban J connectivity index is 2.29. The number of carboxylic acid groups (broad SMARTS) is 1. The molecule has 0 amide bonds.